The molecule has 0 amide bonds. The van der Waals surface area contributed by atoms with E-state index in [0.29, 0.717) is 0 Å². The lowest BCUT2D eigenvalue weighted by Gasteiger charge is -2.40. The van der Waals surface area contributed by atoms with Crippen LogP contribution in [-0.2, 0) is 0 Å². The van der Waals surface area contributed by atoms with E-state index in [1.54, 1.807) is 0 Å². The lowest BCUT2D eigenvalue weighted by Crippen LogP contribution is -2.58. The molecule has 2 nitrogen and oxygen atoms in total. The fraction of sp³-hybridized carbons (Fsp3) is 0. The second-order valence-corrected chi connectivity index (χ2v) is 10.0. The largest absolute Gasteiger partial charge is 0.375 e. The minimum atomic E-state index is 0.0833. The van der Waals surface area contributed by atoms with Gasteiger partial charge in [0.1, 0.15) is 0 Å². The van der Waals surface area contributed by atoms with Gasteiger partial charge in [0.2, 0.25) is 0 Å². The van der Waals surface area contributed by atoms with Crippen LogP contribution in [0, 0.1) is 0 Å². The summed E-state index contributed by atoms with van der Waals surface area (Å²) in [6.07, 6.45) is 0. The highest BCUT2D eigenvalue weighted by Crippen LogP contribution is 2.49. The molecule has 0 unspecified atom stereocenters. The van der Waals surface area contributed by atoms with E-state index in [2.05, 4.69) is 125 Å². The van der Waals surface area contributed by atoms with Crippen LogP contribution in [0.1, 0.15) is 0 Å². The molecule has 5 aromatic carbocycles. The average molecular weight is 450 g/mol. The van der Waals surface area contributed by atoms with Crippen molar-refractivity contribution in [2.24, 2.45) is 0 Å². The molecule has 6 aromatic rings. The molecule has 0 saturated carbocycles. The maximum Gasteiger partial charge on any atom is 0.332 e. The molecule has 0 spiro atoms. The van der Waals surface area contributed by atoms with Gasteiger partial charge in [-0.3, -0.25) is 0 Å². The van der Waals surface area contributed by atoms with E-state index in [4.69, 9.17) is 0 Å². The van der Waals surface area contributed by atoms with Gasteiger partial charge in [-0.15, -0.1) is 0 Å². The topological polar surface area (TPSA) is 8.17 Å². The molecule has 1 aromatic heterocycles. The zero-order valence-electron chi connectivity index (χ0n) is 18.3. The first kappa shape index (κ1) is 18.5. The summed E-state index contributed by atoms with van der Waals surface area (Å²) in [6.45, 7) is 0.0833. The van der Waals surface area contributed by atoms with Crippen molar-refractivity contribution in [2.45, 2.75) is 9.79 Å². The van der Waals surface area contributed by atoms with Crippen LogP contribution in [0.5, 0.6) is 0 Å². The zero-order chi connectivity index (χ0) is 22.2. The molecule has 0 N–H and O–H groups in total. The van der Waals surface area contributed by atoms with Crippen LogP contribution in [0.3, 0.4) is 0 Å². The smallest absolute Gasteiger partial charge is 0.332 e. The standard InChI is InChI=1S/C30H19BN2S/c1-3-14-24-20(10-1)21-11-9-13-23-30(21)32(24)25-15-4-2-12-22(25)31(23)33-26-16-5-7-18-28(26)34-29-19-8-6-17-27(29)33/h1-19H. The van der Waals surface area contributed by atoms with Gasteiger partial charge >= 0.3 is 6.85 Å². The highest BCUT2D eigenvalue weighted by Gasteiger charge is 2.40. The third-order valence-electron chi connectivity index (χ3n) is 7.22. The Kier molecular flexibility index (Phi) is 3.71. The number of nitrogens with zero attached hydrogens (tertiary/aromatic N) is 2. The summed E-state index contributed by atoms with van der Waals surface area (Å²) >= 11 is 1.87. The van der Waals surface area contributed by atoms with Crippen molar-refractivity contribution in [3.05, 3.63) is 115 Å². The van der Waals surface area contributed by atoms with Gasteiger partial charge in [-0.1, -0.05) is 90.6 Å². The number of anilines is 2. The van der Waals surface area contributed by atoms with E-state index in [1.807, 2.05) is 11.8 Å². The Bertz CT molecular complexity index is 1720. The Morgan fingerprint density at radius 3 is 1.88 bits per heavy atom. The van der Waals surface area contributed by atoms with Crippen molar-refractivity contribution in [1.29, 1.82) is 0 Å². The van der Waals surface area contributed by atoms with Gasteiger partial charge in [0.15, 0.2) is 0 Å². The number of hydrogen-bond donors (Lipinski definition) is 0. The number of aromatic nitrogens is 1. The summed E-state index contributed by atoms with van der Waals surface area (Å²) in [4.78, 5) is 5.17. The molecule has 2 aliphatic rings. The van der Waals surface area contributed by atoms with E-state index < -0.39 is 0 Å². The Morgan fingerprint density at radius 2 is 1.09 bits per heavy atom. The lowest BCUT2D eigenvalue weighted by molar-refractivity contribution is 1.17. The molecule has 0 atom stereocenters. The molecule has 2 aliphatic heterocycles. The van der Waals surface area contributed by atoms with Crippen molar-refractivity contribution in [1.82, 2.24) is 4.57 Å². The molecular formula is C30H19BN2S. The predicted molar refractivity (Wildman–Crippen MR) is 145 cm³/mol. The second kappa shape index (κ2) is 6.81. The highest BCUT2D eigenvalue weighted by molar-refractivity contribution is 7.99. The van der Waals surface area contributed by atoms with Crippen molar-refractivity contribution >= 4 is 62.7 Å². The summed E-state index contributed by atoms with van der Waals surface area (Å²) in [6, 6.07) is 42.2. The van der Waals surface area contributed by atoms with Gasteiger partial charge in [0.25, 0.3) is 0 Å². The monoisotopic (exact) mass is 450 g/mol. The van der Waals surface area contributed by atoms with Gasteiger partial charge in [-0.25, -0.2) is 0 Å². The van der Waals surface area contributed by atoms with Crippen LogP contribution in [0.2, 0.25) is 0 Å². The van der Waals surface area contributed by atoms with E-state index in [0.717, 1.165) is 0 Å². The average Bonchev–Trinajstić information content (AvgIpc) is 3.24. The van der Waals surface area contributed by atoms with Gasteiger partial charge in [0, 0.05) is 37.6 Å². The molecule has 3 heterocycles. The highest BCUT2D eigenvalue weighted by atomic mass is 32.2. The first-order valence-corrected chi connectivity index (χ1v) is 12.5. The Balaban J connectivity index is 1.53. The zero-order valence-corrected chi connectivity index (χ0v) is 19.2. The maximum absolute atomic E-state index is 2.57. The lowest BCUT2D eigenvalue weighted by atomic mass is 9.46. The van der Waals surface area contributed by atoms with Gasteiger partial charge in [-0.2, -0.15) is 0 Å². The van der Waals surface area contributed by atoms with Crippen LogP contribution in [0.4, 0.5) is 11.4 Å². The maximum atomic E-state index is 2.57. The summed E-state index contributed by atoms with van der Waals surface area (Å²) in [5.41, 5.74) is 9.08. The molecular weight excluding hydrogens is 431 g/mol. The normalized spacial score (nSPS) is 13.6. The molecule has 0 fully saturated rings. The molecule has 4 heteroatoms. The summed E-state index contributed by atoms with van der Waals surface area (Å²) in [5, 5.41) is 2.63. The van der Waals surface area contributed by atoms with Gasteiger partial charge in [-0.05, 0) is 47.3 Å². The van der Waals surface area contributed by atoms with Crippen LogP contribution in [0.25, 0.3) is 27.5 Å². The van der Waals surface area contributed by atoms with Crippen LogP contribution < -0.4 is 15.7 Å². The minimum Gasteiger partial charge on any atom is -0.375 e. The number of fused-ring (bicyclic) bond motifs is 7. The quantitative estimate of drug-likeness (QED) is 0.264. The Hall–Kier alpha value is -3.89. The van der Waals surface area contributed by atoms with E-state index in [9.17, 15) is 0 Å². The fourth-order valence-electron chi connectivity index (χ4n) is 5.90. The third kappa shape index (κ3) is 2.33. The summed E-state index contributed by atoms with van der Waals surface area (Å²) in [5.74, 6) is 0. The molecule has 0 radical (unpaired) electrons. The van der Waals surface area contributed by atoms with Crippen LogP contribution in [0.15, 0.2) is 125 Å². The van der Waals surface area contributed by atoms with Crippen molar-refractivity contribution in [3.63, 3.8) is 0 Å². The Labute approximate surface area is 202 Å². The van der Waals surface area contributed by atoms with Crippen molar-refractivity contribution in [2.75, 3.05) is 4.81 Å². The molecule has 158 valence electrons. The minimum absolute atomic E-state index is 0.0833. The van der Waals surface area contributed by atoms with Crippen molar-refractivity contribution < 1.29 is 0 Å². The number of hydrogen-bond acceptors (Lipinski definition) is 2. The fourth-order valence-corrected chi connectivity index (χ4v) is 6.97. The third-order valence-corrected chi connectivity index (χ3v) is 8.35. The first-order chi connectivity index (χ1) is 16.9. The summed E-state index contributed by atoms with van der Waals surface area (Å²) < 4.78 is 2.47. The Morgan fingerprint density at radius 1 is 0.500 bits per heavy atom. The first-order valence-electron chi connectivity index (χ1n) is 11.7. The molecule has 0 aliphatic carbocycles. The van der Waals surface area contributed by atoms with Crippen molar-refractivity contribution in [3.8, 4) is 5.69 Å². The summed E-state index contributed by atoms with van der Waals surface area (Å²) in [7, 11) is 0. The molecule has 0 bridgehead atoms. The van der Waals surface area contributed by atoms with Crippen LogP contribution >= 0.6 is 11.8 Å². The van der Waals surface area contributed by atoms with Crippen LogP contribution in [-0.4, -0.2) is 11.4 Å². The molecule has 34 heavy (non-hydrogen) atoms. The van der Waals surface area contributed by atoms with E-state index in [-0.39, 0.29) is 6.85 Å². The van der Waals surface area contributed by atoms with Gasteiger partial charge < -0.3 is 9.38 Å². The second-order valence-electron chi connectivity index (χ2n) is 8.96. The number of rotatable bonds is 1. The number of benzene rings is 5. The number of para-hydroxylation sites is 5. The molecule has 0 saturated heterocycles. The molecule has 8 rings (SSSR count). The van der Waals surface area contributed by atoms with Gasteiger partial charge in [0.05, 0.1) is 11.0 Å². The van der Waals surface area contributed by atoms with E-state index >= 15 is 0 Å². The van der Waals surface area contributed by atoms with E-state index in [1.165, 1.54) is 59.6 Å². The predicted octanol–water partition coefficient (Wildman–Crippen LogP) is 6.51. The SMILES string of the molecule is c1ccc2c(c1)Sc1ccccc1N2B1c2ccccc2-n2c3ccccc3c3cccc1c32.